The van der Waals surface area contributed by atoms with Crippen LogP contribution < -0.4 is 4.90 Å². The zero-order valence-electron chi connectivity index (χ0n) is 8.86. The number of hydrogen-bond acceptors (Lipinski definition) is 4. The van der Waals surface area contributed by atoms with Crippen molar-refractivity contribution in [1.82, 2.24) is 4.98 Å². The van der Waals surface area contributed by atoms with Gasteiger partial charge in [-0.25, -0.2) is 4.98 Å². The summed E-state index contributed by atoms with van der Waals surface area (Å²) >= 11 is 1.51. The van der Waals surface area contributed by atoms with Crippen LogP contribution in [0.3, 0.4) is 0 Å². The molecule has 0 bridgehead atoms. The molecule has 0 radical (unpaired) electrons. The summed E-state index contributed by atoms with van der Waals surface area (Å²) in [5, 5.41) is 9.49. The smallest absolute Gasteiger partial charge is 0.323 e. The van der Waals surface area contributed by atoms with Crippen LogP contribution in [0.4, 0.5) is 5.13 Å². The molecule has 1 aromatic rings. The van der Waals surface area contributed by atoms with Gasteiger partial charge in [0.25, 0.3) is 0 Å². The zero-order valence-corrected chi connectivity index (χ0v) is 9.67. The number of carboxylic acids is 1. The minimum atomic E-state index is -0.859. The number of aromatic nitrogens is 1. The maximum absolute atomic E-state index is 10.7. The highest BCUT2D eigenvalue weighted by atomic mass is 32.1. The predicted octanol–water partition coefficient (Wildman–Crippen LogP) is 1.84. The fourth-order valence-corrected chi connectivity index (χ4v) is 2.04. The van der Waals surface area contributed by atoms with E-state index in [1.807, 2.05) is 13.8 Å². The van der Waals surface area contributed by atoms with Crippen molar-refractivity contribution in [2.75, 3.05) is 18.0 Å². The Morgan fingerprint density at radius 1 is 1.67 bits per heavy atom. The Morgan fingerprint density at radius 3 is 2.73 bits per heavy atom. The Balaban J connectivity index is 2.87. The number of aryl methyl sites for hydroxylation is 2. The van der Waals surface area contributed by atoms with E-state index in [1.165, 1.54) is 11.3 Å². The van der Waals surface area contributed by atoms with Crippen LogP contribution in [0, 0.1) is 13.8 Å². The molecule has 0 atom stereocenters. The second-order valence-corrected chi connectivity index (χ2v) is 4.38. The van der Waals surface area contributed by atoms with E-state index in [2.05, 4.69) is 11.6 Å². The molecule has 15 heavy (non-hydrogen) atoms. The lowest BCUT2D eigenvalue weighted by Crippen LogP contribution is -2.29. The molecule has 1 N–H and O–H groups in total. The lowest BCUT2D eigenvalue weighted by Gasteiger charge is -2.16. The van der Waals surface area contributed by atoms with Gasteiger partial charge in [0, 0.05) is 11.4 Å². The van der Waals surface area contributed by atoms with Gasteiger partial charge in [-0.2, -0.15) is 0 Å². The second-order valence-electron chi connectivity index (χ2n) is 3.20. The number of rotatable bonds is 5. The lowest BCUT2D eigenvalue weighted by atomic mass is 10.4. The summed E-state index contributed by atoms with van der Waals surface area (Å²) in [6.45, 7) is 7.95. The third-order valence-corrected chi connectivity index (χ3v) is 3.10. The van der Waals surface area contributed by atoms with E-state index in [0.29, 0.717) is 6.54 Å². The van der Waals surface area contributed by atoms with Gasteiger partial charge in [-0.3, -0.25) is 4.79 Å². The Hall–Kier alpha value is -1.36. The first-order chi connectivity index (χ1) is 7.04. The molecule has 0 saturated heterocycles. The lowest BCUT2D eigenvalue weighted by molar-refractivity contribution is -0.135. The summed E-state index contributed by atoms with van der Waals surface area (Å²) in [5.74, 6) is -0.859. The number of carbonyl (C=O) groups is 1. The molecular formula is C10H14N2O2S. The number of anilines is 1. The predicted molar refractivity (Wildman–Crippen MR) is 61.6 cm³/mol. The normalized spacial score (nSPS) is 10.0. The topological polar surface area (TPSA) is 53.4 Å². The van der Waals surface area contributed by atoms with Crippen LogP contribution in [0.1, 0.15) is 10.6 Å². The highest BCUT2D eigenvalue weighted by molar-refractivity contribution is 7.15. The molecular weight excluding hydrogens is 212 g/mol. The van der Waals surface area contributed by atoms with E-state index < -0.39 is 5.97 Å². The van der Waals surface area contributed by atoms with Crippen LogP contribution in [0.15, 0.2) is 12.7 Å². The molecule has 0 fully saturated rings. The number of nitrogens with zero attached hydrogens (tertiary/aromatic N) is 2. The van der Waals surface area contributed by atoms with E-state index in [0.717, 1.165) is 15.7 Å². The molecule has 82 valence electrons. The van der Waals surface area contributed by atoms with Crippen molar-refractivity contribution in [1.29, 1.82) is 0 Å². The van der Waals surface area contributed by atoms with Gasteiger partial charge in [-0.15, -0.1) is 17.9 Å². The van der Waals surface area contributed by atoms with E-state index in [9.17, 15) is 4.79 Å². The first-order valence-corrected chi connectivity index (χ1v) is 5.38. The van der Waals surface area contributed by atoms with Crippen molar-refractivity contribution in [3.63, 3.8) is 0 Å². The number of thiazole rings is 1. The van der Waals surface area contributed by atoms with Crippen LogP contribution in [0.5, 0.6) is 0 Å². The van der Waals surface area contributed by atoms with Crippen molar-refractivity contribution >= 4 is 22.4 Å². The van der Waals surface area contributed by atoms with Gasteiger partial charge in [0.15, 0.2) is 5.13 Å². The Kier molecular flexibility index (Phi) is 3.85. The maximum atomic E-state index is 10.7. The highest BCUT2D eigenvalue weighted by Crippen LogP contribution is 2.24. The molecule has 0 amide bonds. The van der Waals surface area contributed by atoms with Crippen LogP contribution in [0.2, 0.25) is 0 Å². The largest absolute Gasteiger partial charge is 0.480 e. The maximum Gasteiger partial charge on any atom is 0.323 e. The summed E-state index contributed by atoms with van der Waals surface area (Å²) in [4.78, 5) is 17.8. The second kappa shape index (κ2) is 4.93. The minimum Gasteiger partial charge on any atom is -0.480 e. The van der Waals surface area contributed by atoms with Gasteiger partial charge >= 0.3 is 5.97 Å². The van der Waals surface area contributed by atoms with Gasteiger partial charge in [-0.1, -0.05) is 6.08 Å². The molecule has 1 aromatic heterocycles. The van der Waals surface area contributed by atoms with Crippen molar-refractivity contribution in [2.45, 2.75) is 13.8 Å². The summed E-state index contributed by atoms with van der Waals surface area (Å²) in [7, 11) is 0. The molecule has 0 unspecified atom stereocenters. The van der Waals surface area contributed by atoms with Crippen LogP contribution >= 0.6 is 11.3 Å². The molecule has 0 aliphatic heterocycles. The summed E-state index contributed by atoms with van der Waals surface area (Å²) < 4.78 is 0. The average Bonchev–Trinajstić information content (AvgIpc) is 2.46. The van der Waals surface area contributed by atoms with E-state index in [4.69, 9.17) is 5.11 Å². The van der Waals surface area contributed by atoms with Crippen LogP contribution in [-0.2, 0) is 4.79 Å². The molecule has 5 heteroatoms. The van der Waals surface area contributed by atoms with Gasteiger partial charge < -0.3 is 10.0 Å². The molecule has 0 aliphatic carbocycles. The fourth-order valence-electron chi connectivity index (χ4n) is 1.12. The average molecular weight is 226 g/mol. The van der Waals surface area contributed by atoms with E-state index in [-0.39, 0.29) is 6.54 Å². The summed E-state index contributed by atoms with van der Waals surface area (Å²) in [5.41, 5.74) is 0.953. The minimum absolute atomic E-state index is 0.0432. The highest BCUT2D eigenvalue weighted by Gasteiger charge is 2.13. The van der Waals surface area contributed by atoms with Crippen molar-refractivity contribution in [3.8, 4) is 0 Å². The number of aliphatic carboxylic acids is 1. The van der Waals surface area contributed by atoms with Gasteiger partial charge in [0.05, 0.1) is 5.69 Å². The third-order valence-electron chi connectivity index (χ3n) is 1.96. The zero-order chi connectivity index (χ0) is 11.4. The number of hydrogen-bond donors (Lipinski definition) is 1. The molecule has 0 saturated carbocycles. The Bertz CT molecular complexity index is 354. The fraction of sp³-hybridized carbons (Fsp3) is 0.400. The van der Waals surface area contributed by atoms with Gasteiger partial charge in [0.2, 0.25) is 0 Å². The van der Waals surface area contributed by atoms with Crippen LogP contribution in [0.25, 0.3) is 0 Å². The number of carboxylic acid groups (broad SMARTS) is 1. The molecule has 0 aliphatic rings. The van der Waals surface area contributed by atoms with E-state index in [1.54, 1.807) is 11.0 Å². The van der Waals surface area contributed by atoms with Gasteiger partial charge in [0.1, 0.15) is 6.54 Å². The first kappa shape index (κ1) is 11.7. The van der Waals surface area contributed by atoms with Crippen molar-refractivity contribution in [2.24, 2.45) is 0 Å². The monoisotopic (exact) mass is 226 g/mol. The molecule has 0 spiro atoms. The Morgan fingerprint density at radius 2 is 2.33 bits per heavy atom. The van der Waals surface area contributed by atoms with Gasteiger partial charge in [-0.05, 0) is 13.8 Å². The third kappa shape index (κ3) is 3.06. The standard InChI is InChI=1S/C10H14N2O2S/c1-4-5-12(6-9(13)14)10-11-7(2)8(3)15-10/h4H,1,5-6H2,2-3H3,(H,13,14). The SMILES string of the molecule is C=CCN(CC(=O)O)c1nc(C)c(C)s1. The summed E-state index contributed by atoms with van der Waals surface area (Å²) in [6, 6.07) is 0. The Labute approximate surface area is 92.9 Å². The molecule has 1 heterocycles. The molecule has 0 aromatic carbocycles. The van der Waals surface area contributed by atoms with Crippen molar-refractivity contribution < 1.29 is 9.90 Å². The first-order valence-electron chi connectivity index (χ1n) is 4.56. The molecule has 1 rings (SSSR count). The van der Waals surface area contributed by atoms with Crippen LogP contribution in [-0.4, -0.2) is 29.1 Å². The molecule has 4 nitrogen and oxygen atoms in total. The van der Waals surface area contributed by atoms with Crippen molar-refractivity contribution in [3.05, 3.63) is 23.2 Å². The van der Waals surface area contributed by atoms with E-state index >= 15 is 0 Å². The summed E-state index contributed by atoms with van der Waals surface area (Å²) in [6.07, 6.45) is 1.68. The quantitative estimate of drug-likeness (QED) is 0.778.